The maximum Gasteiger partial charge on any atom is 0.129 e. The van der Waals surface area contributed by atoms with Crippen LogP contribution in [0.15, 0.2) is 24.5 Å². The minimum atomic E-state index is 0.611. The van der Waals surface area contributed by atoms with Gasteiger partial charge in [-0.15, -0.1) is 0 Å². The van der Waals surface area contributed by atoms with Crippen molar-refractivity contribution < 1.29 is 0 Å². The summed E-state index contributed by atoms with van der Waals surface area (Å²) >= 11 is 0. The van der Waals surface area contributed by atoms with Gasteiger partial charge in [0.15, 0.2) is 0 Å². The van der Waals surface area contributed by atoms with E-state index in [1.807, 2.05) is 19.2 Å². The van der Waals surface area contributed by atoms with Gasteiger partial charge in [-0.2, -0.15) is 5.10 Å². The molecule has 4 heteroatoms. The Morgan fingerprint density at radius 1 is 1.33 bits per heavy atom. The van der Waals surface area contributed by atoms with Gasteiger partial charge in [0.1, 0.15) is 5.82 Å². The smallest absolute Gasteiger partial charge is 0.129 e. The van der Waals surface area contributed by atoms with Crippen LogP contribution in [-0.2, 0) is 13.5 Å². The predicted molar refractivity (Wildman–Crippen MR) is 74.0 cm³/mol. The lowest BCUT2D eigenvalue weighted by Gasteiger charge is -2.08. The number of pyridine rings is 1. The summed E-state index contributed by atoms with van der Waals surface area (Å²) in [7, 11) is 1.89. The maximum atomic E-state index is 6.13. The minimum absolute atomic E-state index is 0.611. The Morgan fingerprint density at radius 2 is 2.00 bits per heavy atom. The summed E-state index contributed by atoms with van der Waals surface area (Å²) in [5.41, 5.74) is 9.36. The average Bonchev–Trinajstić information content (AvgIpc) is 2.66. The van der Waals surface area contributed by atoms with Crippen LogP contribution in [0.4, 0.5) is 5.82 Å². The van der Waals surface area contributed by atoms with Crippen molar-refractivity contribution in [1.29, 1.82) is 0 Å². The van der Waals surface area contributed by atoms with Crippen LogP contribution in [0.2, 0.25) is 0 Å². The van der Waals surface area contributed by atoms with Gasteiger partial charge in [-0.1, -0.05) is 20.3 Å². The first-order chi connectivity index (χ1) is 8.63. The van der Waals surface area contributed by atoms with Gasteiger partial charge in [0, 0.05) is 25.0 Å². The van der Waals surface area contributed by atoms with Gasteiger partial charge >= 0.3 is 0 Å². The molecule has 0 aromatic carbocycles. The van der Waals surface area contributed by atoms with E-state index in [1.54, 1.807) is 17.1 Å². The summed E-state index contributed by atoms with van der Waals surface area (Å²) in [6.07, 6.45) is 5.68. The molecule has 2 aromatic heterocycles. The molecule has 0 fully saturated rings. The zero-order valence-corrected chi connectivity index (χ0v) is 11.2. The maximum absolute atomic E-state index is 6.13. The van der Waals surface area contributed by atoms with E-state index in [2.05, 4.69) is 23.9 Å². The molecule has 96 valence electrons. The summed E-state index contributed by atoms with van der Waals surface area (Å²) in [6.45, 7) is 4.43. The fourth-order valence-corrected chi connectivity index (χ4v) is 2.04. The number of aromatic nitrogens is 3. The normalized spacial score (nSPS) is 12.6. The van der Waals surface area contributed by atoms with Crippen LogP contribution in [0.25, 0.3) is 11.1 Å². The number of nitrogen functional groups attached to an aromatic ring is 1. The first-order valence-electron chi connectivity index (χ1n) is 6.35. The standard InChI is InChI=1S/C14H20N4/c1-4-10(2)9-12-13(14(15)18(3)17-12)11-5-7-16-8-6-11/h5-8,10H,4,9,15H2,1-3H3. The largest absolute Gasteiger partial charge is 0.383 e. The molecule has 0 aliphatic rings. The van der Waals surface area contributed by atoms with E-state index in [0.29, 0.717) is 5.92 Å². The fourth-order valence-electron chi connectivity index (χ4n) is 2.04. The molecule has 18 heavy (non-hydrogen) atoms. The van der Waals surface area contributed by atoms with E-state index in [-0.39, 0.29) is 0 Å². The first-order valence-corrected chi connectivity index (χ1v) is 6.35. The molecule has 2 rings (SSSR count). The molecule has 1 unspecified atom stereocenters. The van der Waals surface area contributed by atoms with Gasteiger partial charge in [0.25, 0.3) is 0 Å². The van der Waals surface area contributed by atoms with Crippen LogP contribution in [0.5, 0.6) is 0 Å². The van der Waals surface area contributed by atoms with Crippen molar-refractivity contribution in [2.75, 3.05) is 5.73 Å². The Hall–Kier alpha value is -1.84. The predicted octanol–water partition coefficient (Wildman–Crippen LogP) is 2.65. The fraction of sp³-hybridized carbons (Fsp3) is 0.429. The molecule has 0 amide bonds. The Kier molecular flexibility index (Phi) is 3.65. The molecule has 2 aromatic rings. The van der Waals surface area contributed by atoms with E-state index >= 15 is 0 Å². The number of nitrogens with zero attached hydrogens (tertiary/aromatic N) is 3. The Morgan fingerprint density at radius 3 is 2.61 bits per heavy atom. The lowest BCUT2D eigenvalue weighted by molar-refractivity contribution is 0.547. The van der Waals surface area contributed by atoms with E-state index < -0.39 is 0 Å². The number of hydrogen-bond acceptors (Lipinski definition) is 3. The van der Waals surface area contributed by atoms with E-state index in [1.165, 1.54) is 0 Å². The lowest BCUT2D eigenvalue weighted by Crippen LogP contribution is -2.00. The molecule has 0 saturated carbocycles. The molecule has 0 aliphatic heterocycles. The summed E-state index contributed by atoms with van der Waals surface area (Å²) < 4.78 is 1.76. The second-order valence-electron chi connectivity index (χ2n) is 4.78. The third kappa shape index (κ3) is 2.37. The zero-order chi connectivity index (χ0) is 13.1. The third-order valence-corrected chi connectivity index (χ3v) is 3.37. The van der Waals surface area contributed by atoms with Gasteiger partial charge in [0.05, 0.1) is 5.69 Å². The molecule has 0 bridgehead atoms. The molecule has 0 saturated heterocycles. The van der Waals surface area contributed by atoms with Crippen molar-refractivity contribution in [2.45, 2.75) is 26.7 Å². The molecule has 2 heterocycles. The van der Waals surface area contributed by atoms with E-state index in [9.17, 15) is 0 Å². The quantitative estimate of drug-likeness (QED) is 0.899. The molecule has 2 N–H and O–H groups in total. The summed E-state index contributed by atoms with van der Waals surface area (Å²) in [5.74, 6) is 1.33. The molecule has 0 spiro atoms. The average molecular weight is 244 g/mol. The summed E-state index contributed by atoms with van der Waals surface area (Å²) in [4.78, 5) is 4.05. The van der Waals surface area contributed by atoms with Crippen LogP contribution in [-0.4, -0.2) is 14.8 Å². The van der Waals surface area contributed by atoms with E-state index in [4.69, 9.17) is 5.73 Å². The van der Waals surface area contributed by atoms with Crippen LogP contribution in [0.3, 0.4) is 0 Å². The van der Waals surface area contributed by atoms with Gasteiger partial charge in [-0.05, 0) is 30.0 Å². The van der Waals surface area contributed by atoms with Gasteiger partial charge in [0.2, 0.25) is 0 Å². The van der Waals surface area contributed by atoms with Gasteiger partial charge in [-0.25, -0.2) is 0 Å². The number of rotatable bonds is 4. The van der Waals surface area contributed by atoms with E-state index in [0.717, 1.165) is 35.5 Å². The lowest BCUT2D eigenvalue weighted by atomic mass is 9.97. The highest BCUT2D eigenvalue weighted by atomic mass is 15.3. The van der Waals surface area contributed by atoms with Crippen LogP contribution in [0.1, 0.15) is 26.0 Å². The third-order valence-electron chi connectivity index (χ3n) is 3.37. The first kappa shape index (κ1) is 12.6. The van der Waals surface area contributed by atoms with Gasteiger partial charge < -0.3 is 5.73 Å². The molecular weight excluding hydrogens is 224 g/mol. The Labute approximate surface area is 108 Å². The van der Waals surface area contributed by atoms with Crippen molar-refractivity contribution >= 4 is 5.82 Å². The Bertz CT molecular complexity index is 516. The summed E-state index contributed by atoms with van der Waals surface area (Å²) in [5, 5.41) is 4.55. The van der Waals surface area contributed by atoms with Crippen molar-refractivity contribution in [3.05, 3.63) is 30.2 Å². The SMILES string of the molecule is CCC(C)Cc1nn(C)c(N)c1-c1ccncc1. The second kappa shape index (κ2) is 5.21. The molecular formula is C14H20N4. The number of nitrogens with two attached hydrogens (primary N) is 1. The number of aryl methyl sites for hydroxylation is 1. The molecule has 0 radical (unpaired) electrons. The van der Waals surface area contributed by atoms with Crippen molar-refractivity contribution in [1.82, 2.24) is 14.8 Å². The van der Waals surface area contributed by atoms with Crippen LogP contribution < -0.4 is 5.73 Å². The number of hydrogen-bond donors (Lipinski definition) is 1. The number of anilines is 1. The van der Waals surface area contributed by atoms with Crippen molar-refractivity contribution in [3.63, 3.8) is 0 Å². The molecule has 1 atom stereocenters. The van der Waals surface area contributed by atoms with Gasteiger partial charge in [-0.3, -0.25) is 9.67 Å². The highest BCUT2D eigenvalue weighted by Gasteiger charge is 2.17. The van der Waals surface area contributed by atoms with Crippen LogP contribution >= 0.6 is 0 Å². The topological polar surface area (TPSA) is 56.7 Å². The van der Waals surface area contributed by atoms with Crippen molar-refractivity contribution in [3.8, 4) is 11.1 Å². The monoisotopic (exact) mass is 244 g/mol. The van der Waals surface area contributed by atoms with Crippen molar-refractivity contribution in [2.24, 2.45) is 13.0 Å². The molecule has 0 aliphatic carbocycles. The zero-order valence-electron chi connectivity index (χ0n) is 11.2. The highest BCUT2D eigenvalue weighted by Crippen LogP contribution is 2.30. The molecule has 4 nitrogen and oxygen atoms in total. The summed E-state index contributed by atoms with van der Waals surface area (Å²) in [6, 6.07) is 3.96. The second-order valence-corrected chi connectivity index (χ2v) is 4.78. The van der Waals surface area contributed by atoms with Crippen LogP contribution in [0, 0.1) is 5.92 Å². The minimum Gasteiger partial charge on any atom is -0.383 e. The Balaban J connectivity index is 2.45. The highest BCUT2D eigenvalue weighted by molar-refractivity contribution is 5.76.